The maximum absolute atomic E-state index is 17.2. The molecule has 2 aromatic carbocycles. The third kappa shape index (κ3) is 7.12. The first-order valence-electron chi connectivity index (χ1n) is 19.1. The average molecular weight is 787 g/mol. The summed E-state index contributed by atoms with van der Waals surface area (Å²) in [6.07, 6.45) is 6.14. The van der Waals surface area contributed by atoms with E-state index in [9.17, 15) is 18.3 Å². The lowest BCUT2D eigenvalue weighted by Crippen LogP contribution is -2.55. The van der Waals surface area contributed by atoms with Crippen LogP contribution < -0.4 is 19.7 Å². The van der Waals surface area contributed by atoms with Crippen LogP contribution >= 0.6 is 0 Å². The second-order valence-electron chi connectivity index (χ2n) is 15.7. The molecule has 57 heavy (non-hydrogen) atoms. The molecule has 3 fully saturated rings. The van der Waals surface area contributed by atoms with E-state index in [0.29, 0.717) is 80.8 Å². The lowest BCUT2D eigenvalue weighted by atomic mass is 9.95. The van der Waals surface area contributed by atoms with Crippen molar-refractivity contribution in [3.63, 3.8) is 0 Å². The Balaban J connectivity index is 1.000. The highest BCUT2D eigenvalue weighted by atomic mass is 19.4. The molecule has 0 bridgehead atoms. The van der Waals surface area contributed by atoms with Gasteiger partial charge in [0.25, 0.3) is 0 Å². The van der Waals surface area contributed by atoms with Gasteiger partial charge in [-0.2, -0.15) is 28.1 Å². The molecule has 1 aliphatic carbocycles. The highest BCUT2D eigenvalue weighted by molar-refractivity contribution is 6.03. The van der Waals surface area contributed by atoms with Crippen LogP contribution in [0.1, 0.15) is 56.1 Å². The van der Waals surface area contributed by atoms with Crippen molar-refractivity contribution in [2.24, 2.45) is 5.41 Å². The molecule has 2 unspecified atom stereocenters. The first-order chi connectivity index (χ1) is 27.4. The number of aromatic nitrogens is 5. The summed E-state index contributed by atoms with van der Waals surface area (Å²) in [5, 5.41) is 15.5. The van der Waals surface area contributed by atoms with E-state index >= 15 is 8.78 Å². The van der Waals surface area contributed by atoms with Crippen LogP contribution in [-0.4, -0.2) is 92.4 Å². The number of halogens is 5. The topological polar surface area (TPSA) is 122 Å². The first-order valence-corrected chi connectivity index (χ1v) is 19.1. The Hall–Kier alpha value is -5.40. The molecular formula is C41H39F5N8O3. The Labute approximate surface area is 324 Å². The minimum Gasteiger partial charge on any atom is -0.508 e. The van der Waals surface area contributed by atoms with E-state index in [0.717, 1.165) is 25.6 Å². The summed E-state index contributed by atoms with van der Waals surface area (Å²) in [7, 11) is 0. The van der Waals surface area contributed by atoms with Crippen molar-refractivity contribution in [3.05, 3.63) is 65.2 Å². The highest BCUT2D eigenvalue weighted by Gasteiger charge is 2.46. The van der Waals surface area contributed by atoms with Gasteiger partial charge in [-0.15, -0.1) is 6.42 Å². The van der Waals surface area contributed by atoms with Crippen molar-refractivity contribution in [1.29, 1.82) is 0 Å². The Bertz CT molecular complexity index is 2430. The van der Waals surface area contributed by atoms with Gasteiger partial charge in [0, 0.05) is 73.4 Å². The van der Waals surface area contributed by atoms with Crippen molar-refractivity contribution in [1.82, 2.24) is 35.1 Å². The number of aromatic hydroxyl groups is 1. The highest BCUT2D eigenvalue weighted by Crippen LogP contribution is 2.47. The predicted octanol–water partition coefficient (Wildman–Crippen LogP) is 6.43. The summed E-state index contributed by atoms with van der Waals surface area (Å²) in [5.74, 6) is 0.0667. The molecule has 16 heteroatoms. The Morgan fingerprint density at radius 2 is 1.84 bits per heavy atom. The van der Waals surface area contributed by atoms with Gasteiger partial charge in [0.05, 0.1) is 23.3 Å². The molecule has 5 aromatic rings. The molecule has 1 saturated carbocycles. The smallest absolute Gasteiger partial charge is 0.451 e. The number of rotatable bonds is 8. The second-order valence-corrected chi connectivity index (χ2v) is 15.7. The van der Waals surface area contributed by atoms with Crippen LogP contribution in [0, 0.1) is 29.4 Å². The third-order valence-corrected chi connectivity index (χ3v) is 11.6. The number of piperazine rings is 1. The summed E-state index contributed by atoms with van der Waals surface area (Å²) < 4.78 is 83.7. The number of benzene rings is 2. The monoisotopic (exact) mass is 786 g/mol. The van der Waals surface area contributed by atoms with E-state index in [4.69, 9.17) is 30.8 Å². The molecule has 3 aromatic heterocycles. The van der Waals surface area contributed by atoms with Crippen molar-refractivity contribution < 1.29 is 36.5 Å². The number of phenols is 1. The fraction of sp³-hybridized carbons (Fsp3) is 0.439. The summed E-state index contributed by atoms with van der Waals surface area (Å²) in [5.41, 5.74) is 0.429. The van der Waals surface area contributed by atoms with Crippen LogP contribution in [0.15, 0.2) is 36.5 Å². The molecule has 0 radical (unpaired) electrons. The van der Waals surface area contributed by atoms with Crippen LogP contribution in [0.4, 0.5) is 27.8 Å². The largest absolute Gasteiger partial charge is 0.508 e. The van der Waals surface area contributed by atoms with Gasteiger partial charge in [-0.05, 0) is 69.0 Å². The van der Waals surface area contributed by atoms with E-state index in [1.165, 1.54) is 30.3 Å². The Morgan fingerprint density at radius 1 is 1.04 bits per heavy atom. The molecule has 0 spiro atoms. The van der Waals surface area contributed by atoms with Crippen LogP contribution in [-0.2, 0) is 12.6 Å². The number of hydrogen-bond acceptors (Lipinski definition) is 11. The lowest BCUT2D eigenvalue weighted by molar-refractivity contribution is -0.145. The average Bonchev–Trinajstić information content (AvgIpc) is 3.98. The fourth-order valence-corrected chi connectivity index (χ4v) is 8.48. The van der Waals surface area contributed by atoms with Gasteiger partial charge in [0.15, 0.2) is 5.82 Å². The van der Waals surface area contributed by atoms with E-state index < -0.39 is 23.6 Å². The molecule has 2 atom stereocenters. The number of alkyl halides is 3. The number of ether oxygens (including phenoxy) is 2. The van der Waals surface area contributed by atoms with Gasteiger partial charge in [-0.25, -0.2) is 18.7 Å². The van der Waals surface area contributed by atoms with E-state index in [1.807, 2.05) is 0 Å². The number of hydrogen-bond donors (Lipinski definition) is 2. The SMILES string of the molecule is C#Cc1c(F)ccc2cc(O)cc(-c3nc4c5c(nc(OCC6(CN7CCC(Oc8ccnc(C(F)(F)F)n8)CC7)CC6)nc5c3F)N3CC(C)NCC3CC4)c12. The van der Waals surface area contributed by atoms with E-state index in [2.05, 4.69) is 37.9 Å². The van der Waals surface area contributed by atoms with Crippen LogP contribution in [0.2, 0.25) is 0 Å². The summed E-state index contributed by atoms with van der Waals surface area (Å²) in [6.45, 7) is 5.81. The minimum absolute atomic E-state index is 0.0231. The van der Waals surface area contributed by atoms with Crippen molar-refractivity contribution in [3.8, 4) is 41.2 Å². The zero-order valence-corrected chi connectivity index (χ0v) is 31.0. The molecule has 296 valence electrons. The quantitative estimate of drug-likeness (QED) is 0.134. The standard InChI is InChI=1S/C41H39F5N8O3/c1-3-27-29(42)6-4-23-16-25(55)17-28(32(23)27)35-34(43)36-33-30(49-35)7-5-24-18-48-22(2)19-54(24)37(33)52-39(51-36)56-21-40(11-12-40)20-53-14-9-26(10-15-53)57-31-8-13-47-38(50-31)41(44,45)46/h1,4,6,8,13,16-17,22,24,26,48,55H,5,7,9-12,14-15,18-21H2,2H3. The summed E-state index contributed by atoms with van der Waals surface area (Å²) >= 11 is 0. The number of piperidine rings is 1. The molecule has 0 amide bonds. The Morgan fingerprint density at radius 3 is 2.60 bits per heavy atom. The van der Waals surface area contributed by atoms with Gasteiger partial charge in [0.2, 0.25) is 11.7 Å². The molecule has 2 N–H and O–H groups in total. The molecule has 6 heterocycles. The zero-order valence-electron chi connectivity index (χ0n) is 31.0. The van der Waals surface area contributed by atoms with E-state index in [1.54, 1.807) is 0 Å². The third-order valence-electron chi connectivity index (χ3n) is 11.6. The predicted molar refractivity (Wildman–Crippen MR) is 201 cm³/mol. The zero-order chi connectivity index (χ0) is 39.6. The molecular weight excluding hydrogens is 747 g/mol. The van der Waals surface area contributed by atoms with Crippen molar-refractivity contribution in [2.45, 2.75) is 69.8 Å². The maximum Gasteiger partial charge on any atom is 0.451 e. The normalized spacial score (nSPS) is 20.9. The minimum atomic E-state index is -4.65. The van der Waals surface area contributed by atoms with Crippen molar-refractivity contribution in [2.75, 3.05) is 44.2 Å². The first kappa shape index (κ1) is 37.2. The molecule has 11 nitrogen and oxygen atoms in total. The lowest BCUT2D eigenvalue weighted by Gasteiger charge is -2.39. The van der Waals surface area contributed by atoms with Gasteiger partial charge in [0.1, 0.15) is 34.7 Å². The summed E-state index contributed by atoms with van der Waals surface area (Å²) in [6, 6.07) is 7.07. The van der Waals surface area contributed by atoms with Gasteiger partial charge < -0.3 is 29.7 Å². The number of phenolic OH excluding ortho intramolecular Hbond substituents is 1. The number of pyridine rings is 1. The van der Waals surface area contributed by atoms with Gasteiger partial charge >= 0.3 is 12.2 Å². The molecule has 9 rings (SSSR count). The van der Waals surface area contributed by atoms with Crippen molar-refractivity contribution >= 4 is 27.5 Å². The van der Waals surface area contributed by atoms with Crippen LogP contribution in [0.5, 0.6) is 17.6 Å². The number of aryl methyl sites for hydroxylation is 1. The number of nitrogens with one attached hydrogen (secondary N) is 1. The Kier molecular flexibility index (Phi) is 9.27. The molecule has 3 aliphatic heterocycles. The second kappa shape index (κ2) is 14.2. The number of fused-ring (bicyclic) bond motifs is 3. The number of nitrogens with zero attached hydrogens (tertiary/aromatic N) is 7. The summed E-state index contributed by atoms with van der Waals surface area (Å²) in [4.78, 5) is 25.8. The number of anilines is 1. The molecule has 4 aliphatic rings. The van der Waals surface area contributed by atoms with Gasteiger partial charge in [-0.1, -0.05) is 12.0 Å². The maximum atomic E-state index is 17.2. The van der Waals surface area contributed by atoms with Crippen LogP contribution in [0.25, 0.3) is 32.9 Å². The van der Waals surface area contributed by atoms with E-state index in [-0.39, 0.29) is 69.0 Å². The number of terminal acetylenes is 1. The fourth-order valence-electron chi connectivity index (χ4n) is 8.48. The van der Waals surface area contributed by atoms with Gasteiger partial charge in [-0.3, -0.25) is 0 Å². The molecule has 2 saturated heterocycles. The number of likely N-dealkylation sites (tertiary alicyclic amines) is 1. The van der Waals surface area contributed by atoms with Crippen LogP contribution in [0.3, 0.4) is 0 Å².